The molecule has 1 spiro atoms. The van der Waals surface area contributed by atoms with Crippen molar-refractivity contribution in [2.45, 2.75) is 59.3 Å². The average molecular weight is 239 g/mol. The van der Waals surface area contributed by atoms with E-state index in [1.165, 1.54) is 38.5 Å². The van der Waals surface area contributed by atoms with Gasteiger partial charge in [-0.3, -0.25) is 0 Å². The van der Waals surface area contributed by atoms with Crippen molar-refractivity contribution in [2.24, 2.45) is 27.9 Å². The van der Waals surface area contributed by atoms with Gasteiger partial charge in [0.2, 0.25) is 0 Å². The minimum Gasteiger partial charge on any atom is -0.396 e. The first-order valence-corrected chi connectivity index (χ1v) is 7.20. The third-order valence-electron chi connectivity index (χ3n) is 5.77. The molecule has 0 amide bonds. The van der Waals surface area contributed by atoms with Gasteiger partial charge in [-0.25, -0.2) is 0 Å². The Kier molecular flexibility index (Phi) is 3.33. The lowest BCUT2D eigenvalue weighted by Gasteiger charge is -2.30. The van der Waals surface area contributed by atoms with E-state index in [4.69, 9.17) is 5.73 Å². The second-order valence-corrected chi connectivity index (χ2v) is 7.59. The Hall–Kier alpha value is -0.0800. The highest BCUT2D eigenvalue weighted by atomic mass is 16.3. The van der Waals surface area contributed by atoms with Gasteiger partial charge >= 0.3 is 0 Å². The van der Waals surface area contributed by atoms with Crippen molar-refractivity contribution in [1.29, 1.82) is 0 Å². The van der Waals surface area contributed by atoms with Crippen LogP contribution in [0.3, 0.4) is 0 Å². The molecular formula is C15H29NO. The number of hydrogen-bond donors (Lipinski definition) is 2. The maximum absolute atomic E-state index is 9.61. The van der Waals surface area contributed by atoms with Gasteiger partial charge in [-0.05, 0) is 48.9 Å². The van der Waals surface area contributed by atoms with E-state index in [1.807, 2.05) is 0 Å². The van der Waals surface area contributed by atoms with Crippen LogP contribution in [0.15, 0.2) is 0 Å². The van der Waals surface area contributed by atoms with Gasteiger partial charge in [-0.1, -0.05) is 27.2 Å². The third kappa shape index (κ3) is 2.15. The summed E-state index contributed by atoms with van der Waals surface area (Å²) in [6.45, 7) is 8.06. The Balaban J connectivity index is 2.03. The third-order valence-corrected chi connectivity index (χ3v) is 5.77. The van der Waals surface area contributed by atoms with E-state index in [-0.39, 0.29) is 5.41 Å². The molecule has 0 aromatic carbocycles. The molecule has 0 aromatic rings. The molecule has 2 aliphatic rings. The van der Waals surface area contributed by atoms with Crippen LogP contribution in [-0.4, -0.2) is 18.3 Å². The van der Waals surface area contributed by atoms with Gasteiger partial charge < -0.3 is 10.8 Å². The van der Waals surface area contributed by atoms with Crippen LogP contribution < -0.4 is 5.73 Å². The quantitative estimate of drug-likeness (QED) is 0.778. The molecule has 2 nitrogen and oxygen atoms in total. The van der Waals surface area contributed by atoms with E-state index in [0.29, 0.717) is 24.0 Å². The number of aliphatic hydroxyl groups is 1. The fraction of sp³-hybridized carbons (Fsp3) is 1.00. The summed E-state index contributed by atoms with van der Waals surface area (Å²) in [6.07, 6.45) is 7.75. The molecule has 0 radical (unpaired) electrons. The van der Waals surface area contributed by atoms with E-state index >= 15 is 0 Å². The minimum atomic E-state index is 0.0831. The molecule has 0 heterocycles. The zero-order valence-electron chi connectivity index (χ0n) is 11.8. The van der Waals surface area contributed by atoms with E-state index < -0.39 is 0 Å². The van der Waals surface area contributed by atoms with E-state index in [0.717, 1.165) is 5.92 Å². The first-order valence-electron chi connectivity index (χ1n) is 7.20. The second-order valence-electron chi connectivity index (χ2n) is 7.59. The van der Waals surface area contributed by atoms with E-state index in [2.05, 4.69) is 20.8 Å². The molecule has 0 saturated heterocycles. The van der Waals surface area contributed by atoms with Gasteiger partial charge in [0.05, 0.1) is 6.61 Å². The lowest BCUT2D eigenvalue weighted by Crippen LogP contribution is -2.27. The Morgan fingerprint density at radius 3 is 2.41 bits per heavy atom. The molecule has 0 aromatic heterocycles. The summed E-state index contributed by atoms with van der Waals surface area (Å²) >= 11 is 0. The number of nitrogens with two attached hydrogens (primary N) is 1. The zero-order valence-corrected chi connectivity index (χ0v) is 11.8. The summed E-state index contributed by atoms with van der Waals surface area (Å²) in [4.78, 5) is 0. The summed E-state index contributed by atoms with van der Waals surface area (Å²) < 4.78 is 0. The van der Waals surface area contributed by atoms with Crippen molar-refractivity contribution in [3.63, 3.8) is 0 Å². The molecule has 3 N–H and O–H groups in total. The minimum absolute atomic E-state index is 0.0831. The summed E-state index contributed by atoms with van der Waals surface area (Å²) in [7, 11) is 0. The molecule has 2 heteroatoms. The largest absolute Gasteiger partial charge is 0.396 e. The van der Waals surface area contributed by atoms with Gasteiger partial charge in [-0.2, -0.15) is 0 Å². The summed E-state index contributed by atoms with van der Waals surface area (Å²) in [5.74, 6) is 0.844. The maximum Gasteiger partial charge on any atom is 0.0505 e. The average Bonchev–Trinajstić information content (AvgIpc) is 2.96. The molecular weight excluding hydrogens is 210 g/mol. The van der Waals surface area contributed by atoms with Crippen LogP contribution in [0.2, 0.25) is 0 Å². The maximum atomic E-state index is 9.61. The molecule has 3 unspecified atom stereocenters. The lowest BCUT2D eigenvalue weighted by molar-refractivity contribution is 0.161. The van der Waals surface area contributed by atoms with Crippen LogP contribution in [0, 0.1) is 22.2 Å². The molecule has 0 bridgehead atoms. The van der Waals surface area contributed by atoms with Gasteiger partial charge in [0, 0.05) is 12.0 Å². The first-order chi connectivity index (χ1) is 7.89. The smallest absolute Gasteiger partial charge is 0.0505 e. The Morgan fingerprint density at radius 1 is 1.24 bits per heavy atom. The molecule has 2 fully saturated rings. The van der Waals surface area contributed by atoms with Gasteiger partial charge in [0.15, 0.2) is 0 Å². The van der Waals surface area contributed by atoms with Crippen LogP contribution in [0.1, 0.15) is 59.3 Å². The van der Waals surface area contributed by atoms with Crippen LogP contribution in [0.25, 0.3) is 0 Å². The topological polar surface area (TPSA) is 46.2 Å². The predicted octanol–water partition coefficient (Wildman–Crippen LogP) is 2.94. The van der Waals surface area contributed by atoms with Gasteiger partial charge in [0.1, 0.15) is 0 Å². The lowest BCUT2D eigenvalue weighted by atomic mass is 9.76. The van der Waals surface area contributed by atoms with Crippen LogP contribution >= 0.6 is 0 Å². The van der Waals surface area contributed by atoms with Crippen molar-refractivity contribution in [3.05, 3.63) is 0 Å². The SMILES string of the molecule is CC(C)(C)C1CCCC2(CC1)CC2(CN)CO. The molecule has 0 aliphatic heterocycles. The molecule has 17 heavy (non-hydrogen) atoms. The van der Waals surface area contributed by atoms with Crippen molar-refractivity contribution in [2.75, 3.05) is 13.2 Å². The highest BCUT2D eigenvalue weighted by Gasteiger charge is 2.65. The number of hydrogen-bond acceptors (Lipinski definition) is 2. The second kappa shape index (κ2) is 4.24. The molecule has 2 rings (SSSR count). The van der Waals surface area contributed by atoms with Crippen molar-refractivity contribution in [1.82, 2.24) is 0 Å². The molecule has 3 atom stereocenters. The normalized spacial score (nSPS) is 42.5. The summed E-state index contributed by atoms with van der Waals surface area (Å²) in [5.41, 5.74) is 6.81. The van der Waals surface area contributed by atoms with Crippen LogP contribution in [0.5, 0.6) is 0 Å². The molecule has 2 aliphatic carbocycles. The fourth-order valence-electron chi connectivity index (χ4n) is 4.16. The van der Waals surface area contributed by atoms with E-state index in [1.54, 1.807) is 0 Å². The van der Waals surface area contributed by atoms with Crippen molar-refractivity contribution in [3.8, 4) is 0 Å². The standard InChI is InChI=1S/C15H29NO/c1-13(2,3)12-5-4-7-14(8-6-12)9-15(14,10-16)11-17/h12,17H,4-11,16H2,1-3H3. The first kappa shape index (κ1) is 13.4. The summed E-state index contributed by atoms with van der Waals surface area (Å²) in [6, 6.07) is 0. The zero-order chi connectivity index (χ0) is 12.7. The number of rotatable bonds is 2. The van der Waals surface area contributed by atoms with Gasteiger partial charge in [0.25, 0.3) is 0 Å². The highest BCUT2D eigenvalue weighted by molar-refractivity contribution is 5.15. The molecule has 100 valence electrons. The van der Waals surface area contributed by atoms with Crippen LogP contribution in [0.4, 0.5) is 0 Å². The Morgan fingerprint density at radius 2 is 1.94 bits per heavy atom. The summed E-state index contributed by atoms with van der Waals surface area (Å²) in [5, 5.41) is 9.61. The van der Waals surface area contributed by atoms with E-state index in [9.17, 15) is 5.11 Å². The number of aliphatic hydroxyl groups excluding tert-OH is 1. The van der Waals surface area contributed by atoms with Crippen molar-refractivity contribution < 1.29 is 5.11 Å². The van der Waals surface area contributed by atoms with Crippen molar-refractivity contribution >= 4 is 0 Å². The predicted molar refractivity (Wildman–Crippen MR) is 71.7 cm³/mol. The Bertz CT molecular complexity index is 277. The Labute approximate surface area is 106 Å². The highest BCUT2D eigenvalue weighted by Crippen LogP contribution is 2.69. The monoisotopic (exact) mass is 239 g/mol. The molecule has 2 saturated carbocycles. The van der Waals surface area contributed by atoms with Gasteiger partial charge in [-0.15, -0.1) is 0 Å². The fourth-order valence-corrected chi connectivity index (χ4v) is 4.16. The van der Waals surface area contributed by atoms with Crippen LogP contribution in [-0.2, 0) is 0 Å².